The van der Waals surface area contributed by atoms with E-state index in [-0.39, 0.29) is 0 Å². The summed E-state index contributed by atoms with van der Waals surface area (Å²) >= 11 is 0. The highest BCUT2D eigenvalue weighted by atomic mass is 14.3. The van der Waals surface area contributed by atoms with Crippen LogP contribution < -0.4 is 0 Å². The van der Waals surface area contributed by atoms with Gasteiger partial charge in [0.05, 0.1) is 0 Å². The van der Waals surface area contributed by atoms with Crippen molar-refractivity contribution in [3.8, 4) is 11.1 Å². The van der Waals surface area contributed by atoms with Crippen molar-refractivity contribution in [2.45, 2.75) is 117 Å². The van der Waals surface area contributed by atoms with Crippen molar-refractivity contribution in [1.29, 1.82) is 0 Å². The lowest BCUT2D eigenvalue weighted by atomic mass is 9.75. The fourth-order valence-electron chi connectivity index (χ4n) is 6.97. The summed E-state index contributed by atoms with van der Waals surface area (Å²) < 4.78 is 0. The number of rotatable bonds is 7. The first-order valence-corrected chi connectivity index (χ1v) is 13.8. The van der Waals surface area contributed by atoms with Crippen molar-refractivity contribution in [2.75, 3.05) is 0 Å². The molecule has 0 heterocycles. The van der Waals surface area contributed by atoms with Crippen molar-refractivity contribution in [1.82, 2.24) is 0 Å². The molecule has 2 fully saturated rings. The van der Waals surface area contributed by atoms with Gasteiger partial charge in [0, 0.05) is 0 Å². The molecular formula is C32H46. The van der Waals surface area contributed by atoms with E-state index in [2.05, 4.69) is 64.1 Å². The lowest BCUT2D eigenvalue weighted by molar-refractivity contribution is 0.308. The topological polar surface area (TPSA) is 0 Å². The summed E-state index contributed by atoms with van der Waals surface area (Å²) in [4.78, 5) is 0. The molecule has 2 aliphatic carbocycles. The first kappa shape index (κ1) is 23.6. The zero-order valence-corrected chi connectivity index (χ0v) is 21.3. The molecule has 2 saturated carbocycles. The van der Waals surface area contributed by atoms with Crippen molar-refractivity contribution >= 4 is 0 Å². The molecule has 0 spiro atoms. The Morgan fingerprint density at radius 1 is 0.562 bits per heavy atom. The molecule has 0 saturated heterocycles. The summed E-state index contributed by atoms with van der Waals surface area (Å²) in [5.41, 5.74) is 9.01. The van der Waals surface area contributed by atoms with Gasteiger partial charge in [-0.05, 0) is 122 Å². The predicted molar refractivity (Wildman–Crippen MR) is 141 cm³/mol. The van der Waals surface area contributed by atoms with Gasteiger partial charge in [-0.25, -0.2) is 0 Å². The van der Waals surface area contributed by atoms with E-state index in [1.807, 2.05) is 0 Å². The number of benzene rings is 2. The van der Waals surface area contributed by atoms with Crippen molar-refractivity contribution < 1.29 is 0 Å². The number of aryl methyl sites for hydroxylation is 2. The van der Waals surface area contributed by atoms with Gasteiger partial charge < -0.3 is 0 Å². The quantitative estimate of drug-likeness (QED) is 0.410. The van der Waals surface area contributed by atoms with Gasteiger partial charge in [0.15, 0.2) is 0 Å². The van der Waals surface area contributed by atoms with Gasteiger partial charge in [-0.1, -0.05) is 75.9 Å². The summed E-state index contributed by atoms with van der Waals surface area (Å²) in [6.45, 7) is 9.35. The maximum atomic E-state index is 2.46. The molecule has 0 bridgehead atoms. The summed E-state index contributed by atoms with van der Waals surface area (Å²) in [6.07, 6.45) is 16.8. The Balaban J connectivity index is 1.43. The van der Waals surface area contributed by atoms with E-state index in [1.165, 1.54) is 99.3 Å². The molecule has 0 aliphatic heterocycles. The molecule has 32 heavy (non-hydrogen) atoms. The van der Waals surface area contributed by atoms with E-state index in [9.17, 15) is 0 Å². The van der Waals surface area contributed by atoms with Gasteiger partial charge in [0.1, 0.15) is 0 Å². The summed E-state index contributed by atoms with van der Waals surface area (Å²) in [5.74, 6) is 3.53. The van der Waals surface area contributed by atoms with Crippen LogP contribution in [0.5, 0.6) is 0 Å². The molecule has 174 valence electrons. The molecule has 2 aromatic carbocycles. The van der Waals surface area contributed by atoms with Gasteiger partial charge in [-0.15, -0.1) is 0 Å². The van der Waals surface area contributed by atoms with Crippen LogP contribution in [0.2, 0.25) is 0 Å². The Bertz CT molecular complexity index is 786. The zero-order chi connectivity index (χ0) is 22.5. The molecule has 0 heteroatoms. The minimum atomic E-state index is 0.782. The molecule has 0 radical (unpaired) electrons. The van der Waals surface area contributed by atoms with Gasteiger partial charge >= 0.3 is 0 Å². The van der Waals surface area contributed by atoms with E-state index in [1.54, 1.807) is 11.1 Å². The highest BCUT2D eigenvalue weighted by molar-refractivity contribution is 5.66. The number of hydrogen-bond donors (Lipinski definition) is 0. The first-order valence-electron chi connectivity index (χ1n) is 13.8. The Hall–Kier alpha value is -1.56. The third-order valence-corrected chi connectivity index (χ3v) is 8.84. The van der Waals surface area contributed by atoms with Crippen LogP contribution >= 0.6 is 0 Å². The molecular weight excluding hydrogens is 384 g/mol. The minimum absolute atomic E-state index is 0.782. The highest BCUT2D eigenvalue weighted by Crippen LogP contribution is 2.41. The van der Waals surface area contributed by atoms with Crippen LogP contribution in [0, 0.1) is 25.7 Å². The van der Waals surface area contributed by atoms with Gasteiger partial charge in [0.25, 0.3) is 0 Å². The van der Waals surface area contributed by atoms with Crippen molar-refractivity contribution in [3.05, 3.63) is 58.7 Å². The van der Waals surface area contributed by atoms with Crippen LogP contribution in [0.15, 0.2) is 36.4 Å². The largest absolute Gasteiger partial charge is 0.0654 e. The van der Waals surface area contributed by atoms with Crippen LogP contribution in [0.3, 0.4) is 0 Å². The molecule has 0 atom stereocenters. The third-order valence-electron chi connectivity index (χ3n) is 8.84. The molecule has 0 amide bonds. The molecule has 0 aromatic heterocycles. The monoisotopic (exact) mass is 430 g/mol. The highest BCUT2D eigenvalue weighted by Gasteiger charge is 2.24. The van der Waals surface area contributed by atoms with Crippen LogP contribution in [-0.2, 0) is 0 Å². The minimum Gasteiger partial charge on any atom is -0.0654 e. The molecule has 2 aromatic rings. The molecule has 0 N–H and O–H groups in total. The average Bonchev–Trinajstić information content (AvgIpc) is 2.81. The second kappa shape index (κ2) is 11.0. The standard InChI is InChI=1S/C32H46/c1-5-7-25-9-13-27(14-10-25)31-19-17-29(21-23(31)3)30-18-20-32(24(4)22-30)28-15-11-26(8-6-2)12-16-28/h17-22,25-28H,5-16H2,1-4H3/t25-,26-,27-,28-. The van der Waals surface area contributed by atoms with Gasteiger partial charge in [0.2, 0.25) is 0 Å². The molecule has 4 rings (SSSR count). The smallest absolute Gasteiger partial charge is 0.0159 e. The van der Waals surface area contributed by atoms with Crippen molar-refractivity contribution in [2.24, 2.45) is 11.8 Å². The maximum absolute atomic E-state index is 2.46. The van der Waals surface area contributed by atoms with Crippen molar-refractivity contribution in [3.63, 3.8) is 0 Å². The maximum Gasteiger partial charge on any atom is -0.0159 e. The fraction of sp³-hybridized carbons (Fsp3) is 0.625. The molecule has 0 unspecified atom stereocenters. The SMILES string of the molecule is CCC[C@H]1CC[C@H](c2ccc(-c3ccc([C@H]4CC[C@H](CCC)CC4)c(C)c3)cc2C)CC1. The lowest BCUT2D eigenvalue weighted by Crippen LogP contribution is -2.14. The Morgan fingerprint density at radius 3 is 1.25 bits per heavy atom. The second-order valence-electron chi connectivity index (χ2n) is 11.2. The second-order valence-corrected chi connectivity index (χ2v) is 11.2. The lowest BCUT2D eigenvalue weighted by Gasteiger charge is -2.30. The Morgan fingerprint density at radius 2 is 0.938 bits per heavy atom. The average molecular weight is 431 g/mol. The number of hydrogen-bond acceptors (Lipinski definition) is 0. The predicted octanol–water partition coefficient (Wildman–Crippen LogP) is 10.1. The van der Waals surface area contributed by atoms with Crippen LogP contribution in [0.4, 0.5) is 0 Å². The summed E-state index contributed by atoms with van der Waals surface area (Å²) in [6, 6.07) is 14.6. The summed E-state index contributed by atoms with van der Waals surface area (Å²) in [7, 11) is 0. The third kappa shape index (κ3) is 5.49. The fourth-order valence-corrected chi connectivity index (χ4v) is 6.97. The van der Waals surface area contributed by atoms with E-state index < -0.39 is 0 Å². The van der Waals surface area contributed by atoms with E-state index in [0.29, 0.717) is 0 Å². The normalized spacial score (nSPS) is 26.2. The molecule has 0 nitrogen and oxygen atoms in total. The van der Waals surface area contributed by atoms with Gasteiger partial charge in [-0.2, -0.15) is 0 Å². The van der Waals surface area contributed by atoms with Crippen LogP contribution in [0.1, 0.15) is 125 Å². The Labute approximate surface area is 198 Å². The Kier molecular flexibility index (Phi) is 8.14. The van der Waals surface area contributed by atoms with Gasteiger partial charge in [-0.3, -0.25) is 0 Å². The van der Waals surface area contributed by atoms with E-state index >= 15 is 0 Å². The van der Waals surface area contributed by atoms with E-state index in [4.69, 9.17) is 0 Å². The zero-order valence-electron chi connectivity index (χ0n) is 21.3. The van der Waals surface area contributed by atoms with Crippen LogP contribution in [-0.4, -0.2) is 0 Å². The van der Waals surface area contributed by atoms with E-state index in [0.717, 1.165) is 23.7 Å². The first-order chi connectivity index (χ1) is 15.6. The van der Waals surface area contributed by atoms with Crippen LogP contribution in [0.25, 0.3) is 11.1 Å². The molecule has 2 aliphatic rings. The summed E-state index contributed by atoms with van der Waals surface area (Å²) in [5, 5.41) is 0.